The highest BCUT2D eigenvalue weighted by atomic mass is 32.2. The smallest absolute Gasteiger partial charge is 0.235 e. The number of aromatic nitrogens is 3. The molecule has 1 fully saturated rings. The minimum absolute atomic E-state index is 0.307. The molecule has 2 N–H and O–H groups in total. The summed E-state index contributed by atoms with van der Waals surface area (Å²) in [6.07, 6.45) is 3.59. The summed E-state index contributed by atoms with van der Waals surface area (Å²) >= 11 is 1.26. The first-order valence-corrected chi connectivity index (χ1v) is 10.9. The molecule has 3 aromatic rings. The number of amides is 1. The Bertz CT molecular complexity index is 987. The van der Waals surface area contributed by atoms with E-state index in [2.05, 4.69) is 15.1 Å². The molecule has 0 bridgehead atoms. The first-order chi connectivity index (χ1) is 14.6. The van der Waals surface area contributed by atoms with Crippen LogP contribution in [0.1, 0.15) is 35.9 Å². The molecule has 8 heteroatoms. The van der Waals surface area contributed by atoms with Crippen LogP contribution >= 0.6 is 11.8 Å². The number of piperidine rings is 1. The monoisotopic (exact) mass is 425 g/mol. The third-order valence-electron chi connectivity index (χ3n) is 5.18. The van der Waals surface area contributed by atoms with E-state index in [1.807, 2.05) is 34.9 Å². The zero-order chi connectivity index (χ0) is 20.9. The molecule has 1 aliphatic rings. The SMILES string of the molecule is NC(=O)C(Sc1nnc(CN2CCCCC2)n1-c1ccc(F)cc1)c1ccccc1. The zero-order valence-electron chi connectivity index (χ0n) is 16.6. The van der Waals surface area contributed by atoms with Crippen LogP contribution in [-0.2, 0) is 11.3 Å². The van der Waals surface area contributed by atoms with Crippen molar-refractivity contribution in [3.8, 4) is 5.69 Å². The largest absolute Gasteiger partial charge is 0.368 e. The number of nitrogens with zero attached hydrogens (tertiary/aromatic N) is 4. The molecule has 4 rings (SSSR count). The van der Waals surface area contributed by atoms with E-state index in [0.29, 0.717) is 11.7 Å². The lowest BCUT2D eigenvalue weighted by atomic mass is 10.1. The Labute approximate surface area is 179 Å². The number of rotatable bonds is 7. The van der Waals surface area contributed by atoms with Crippen molar-refractivity contribution in [2.24, 2.45) is 5.73 Å². The minimum atomic E-state index is -0.600. The van der Waals surface area contributed by atoms with Gasteiger partial charge in [0, 0.05) is 5.69 Å². The highest BCUT2D eigenvalue weighted by Gasteiger charge is 2.25. The van der Waals surface area contributed by atoms with E-state index in [4.69, 9.17) is 5.73 Å². The molecule has 1 amide bonds. The van der Waals surface area contributed by atoms with Gasteiger partial charge < -0.3 is 5.73 Å². The molecule has 0 spiro atoms. The van der Waals surface area contributed by atoms with Gasteiger partial charge in [-0.15, -0.1) is 10.2 Å². The van der Waals surface area contributed by atoms with Crippen molar-refractivity contribution in [3.63, 3.8) is 0 Å². The van der Waals surface area contributed by atoms with Crippen molar-refractivity contribution >= 4 is 17.7 Å². The third kappa shape index (κ3) is 4.71. The Morgan fingerprint density at radius 1 is 1.03 bits per heavy atom. The topological polar surface area (TPSA) is 77.0 Å². The van der Waals surface area contributed by atoms with E-state index in [1.165, 1.54) is 43.2 Å². The van der Waals surface area contributed by atoms with Crippen LogP contribution < -0.4 is 5.73 Å². The molecule has 6 nitrogen and oxygen atoms in total. The third-order valence-corrected chi connectivity index (χ3v) is 6.40. The number of benzene rings is 2. The van der Waals surface area contributed by atoms with E-state index in [9.17, 15) is 9.18 Å². The summed E-state index contributed by atoms with van der Waals surface area (Å²) in [5, 5.41) is 8.75. The maximum atomic E-state index is 13.5. The van der Waals surface area contributed by atoms with E-state index < -0.39 is 11.2 Å². The fraction of sp³-hybridized carbons (Fsp3) is 0.318. The molecule has 1 aliphatic heterocycles. The lowest BCUT2D eigenvalue weighted by molar-refractivity contribution is -0.117. The molecule has 2 heterocycles. The van der Waals surface area contributed by atoms with Gasteiger partial charge in [-0.05, 0) is 55.8 Å². The van der Waals surface area contributed by atoms with Gasteiger partial charge in [0.15, 0.2) is 11.0 Å². The van der Waals surface area contributed by atoms with E-state index in [-0.39, 0.29) is 5.82 Å². The number of likely N-dealkylation sites (tertiary alicyclic amines) is 1. The molecular formula is C22H24FN5OS. The summed E-state index contributed by atoms with van der Waals surface area (Å²) in [5.74, 6) is 0.0117. The predicted molar refractivity (Wildman–Crippen MR) is 115 cm³/mol. The second-order valence-electron chi connectivity index (χ2n) is 7.36. The van der Waals surface area contributed by atoms with Gasteiger partial charge in [0.25, 0.3) is 0 Å². The molecule has 0 saturated carbocycles. The van der Waals surface area contributed by atoms with Crippen LogP contribution in [-0.4, -0.2) is 38.7 Å². The van der Waals surface area contributed by atoms with Crippen LogP contribution in [0.4, 0.5) is 4.39 Å². The fourth-order valence-corrected chi connectivity index (χ4v) is 4.69. The number of hydrogen-bond acceptors (Lipinski definition) is 5. The van der Waals surface area contributed by atoms with E-state index >= 15 is 0 Å². The zero-order valence-corrected chi connectivity index (χ0v) is 17.4. The van der Waals surface area contributed by atoms with Crippen molar-refractivity contribution in [1.82, 2.24) is 19.7 Å². The van der Waals surface area contributed by atoms with Crippen LogP contribution in [0.15, 0.2) is 59.8 Å². The van der Waals surface area contributed by atoms with Crippen LogP contribution in [0.2, 0.25) is 0 Å². The average molecular weight is 426 g/mol. The Hall–Kier alpha value is -2.71. The lowest BCUT2D eigenvalue weighted by Crippen LogP contribution is -2.30. The second kappa shape index (κ2) is 9.40. The molecule has 156 valence electrons. The number of hydrogen-bond donors (Lipinski definition) is 1. The van der Waals surface area contributed by atoms with Crippen LogP contribution in [0.5, 0.6) is 0 Å². The summed E-state index contributed by atoms with van der Waals surface area (Å²) in [5.41, 5.74) is 7.27. The van der Waals surface area contributed by atoms with Gasteiger partial charge in [-0.2, -0.15) is 0 Å². The van der Waals surface area contributed by atoms with Gasteiger partial charge in [-0.25, -0.2) is 4.39 Å². The summed E-state index contributed by atoms with van der Waals surface area (Å²) in [6, 6.07) is 15.6. The molecule has 0 aliphatic carbocycles. The highest BCUT2D eigenvalue weighted by Crippen LogP contribution is 2.35. The molecule has 0 radical (unpaired) electrons. The van der Waals surface area contributed by atoms with Crippen molar-refractivity contribution in [1.29, 1.82) is 0 Å². The number of thioether (sulfide) groups is 1. The van der Waals surface area contributed by atoms with Gasteiger partial charge in [0.1, 0.15) is 11.1 Å². The highest BCUT2D eigenvalue weighted by molar-refractivity contribution is 8.00. The Kier molecular flexibility index (Phi) is 6.44. The second-order valence-corrected chi connectivity index (χ2v) is 8.43. The fourth-order valence-electron chi connectivity index (χ4n) is 3.67. The first kappa shape index (κ1) is 20.6. The molecule has 1 aromatic heterocycles. The minimum Gasteiger partial charge on any atom is -0.368 e. The molecule has 1 unspecified atom stereocenters. The standard InChI is InChI=1S/C22H24FN5OS/c23-17-9-11-18(12-10-17)28-19(15-27-13-5-2-6-14-27)25-26-22(28)30-20(21(24)29)16-7-3-1-4-8-16/h1,3-4,7-12,20H,2,5-6,13-15H2,(H2,24,29). The van der Waals surface area contributed by atoms with Gasteiger partial charge in [-0.1, -0.05) is 48.5 Å². The summed E-state index contributed by atoms with van der Waals surface area (Å²) < 4.78 is 15.4. The first-order valence-electron chi connectivity index (χ1n) is 10.1. The molecule has 1 saturated heterocycles. The molecule has 2 aromatic carbocycles. The van der Waals surface area contributed by atoms with Crippen LogP contribution in [0.25, 0.3) is 5.69 Å². The van der Waals surface area contributed by atoms with Gasteiger partial charge in [-0.3, -0.25) is 14.3 Å². The maximum Gasteiger partial charge on any atom is 0.235 e. The number of carbonyl (C=O) groups excluding carboxylic acids is 1. The van der Waals surface area contributed by atoms with Gasteiger partial charge >= 0.3 is 0 Å². The van der Waals surface area contributed by atoms with Crippen molar-refractivity contribution in [3.05, 3.63) is 71.8 Å². The molecular weight excluding hydrogens is 401 g/mol. The van der Waals surface area contributed by atoms with E-state index in [1.54, 1.807) is 12.1 Å². The Morgan fingerprint density at radius 3 is 2.40 bits per heavy atom. The van der Waals surface area contributed by atoms with Gasteiger partial charge in [0.2, 0.25) is 5.91 Å². The Morgan fingerprint density at radius 2 is 1.73 bits per heavy atom. The lowest BCUT2D eigenvalue weighted by Gasteiger charge is -2.26. The number of nitrogens with two attached hydrogens (primary N) is 1. The van der Waals surface area contributed by atoms with Crippen LogP contribution in [0.3, 0.4) is 0 Å². The molecule has 30 heavy (non-hydrogen) atoms. The number of primary amides is 1. The predicted octanol–water partition coefficient (Wildman–Crippen LogP) is 3.71. The van der Waals surface area contributed by atoms with Crippen molar-refractivity contribution in [2.75, 3.05) is 13.1 Å². The van der Waals surface area contributed by atoms with Crippen LogP contribution in [0, 0.1) is 5.82 Å². The maximum absolute atomic E-state index is 13.5. The average Bonchev–Trinajstić information content (AvgIpc) is 3.16. The summed E-state index contributed by atoms with van der Waals surface area (Å²) in [4.78, 5) is 14.6. The van der Waals surface area contributed by atoms with E-state index in [0.717, 1.165) is 30.2 Å². The summed E-state index contributed by atoms with van der Waals surface area (Å²) in [6.45, 7) is 2.69. The van der Waals surface area contributed by atoms with Crippen molar-refractivity contribution < 1.29 is 9.18 Å². The normalized spacial score (nSPS) is 15.8. The van der Waals surface area contributed by atoms with Crippen molar-refractivity contribution in [2.45, 2.75) is 36.2 Å². The quantitative estimate of drug-likeness (QED) is 0.584. The number of carbonyl (C=O) groups is 1. The Balaban J connectivity index is 1.69. The summed E-state index contributed by atoms with van der Waals surface area (Å²) in [7, 11) is 0. The van der Waals surface area contributed by atoms with Gasteiger partial charge in [0.05, 0.1) is 6.54 Å². The number of halogens is 1. The molecule has 1 atom stereocenters.